The first kappa shape index (κ1) is 26.4. The number of hydrogen-bond acceptors (Lipinski definition) is 2. The number of hydrogen-bond donors (Lipinski definition) is 0. The highest BCUT2D eigenvalue weighted by atomic mass is 19.2. The molecule has 2 fully saturated rings. The molecule has 1 aromatic rings. The highest BCUT2D eigenvalue weighted by Crippen LogP contribution is 2.45. The Morgan fingerprint density at radius 3 is 2.09 bits per heavy atom. The van der Waals surface area contributed by atoms with Crippen LogP contribution in [0.25, 0.3) is 0 Å². The number of halogens is 2. The van der Waals surface area contributed by atoms with E-state index in [1.54, 1.807) is 19.1 Å². The van der Waals surface area contributed by atoms with Crippen LogP contribution >= 0.6 is 0 Å². The van der Waals surface area contributed by atoms with Gasteiger partial charge in [-0.05, 0) is 112 Å². The smallest absolute Gasteiger partial charge is 0.200 e. The molecule has 4 heteroatoms. The van der Waals surface area contributed by atoms with E-state index in [1.807, 2.05) is 0 Å². The first-order valence-electron chi connectivity index (χ1n) is 13.7. The van der Waals surface area contributed by atoms with Crippen molar-refractivity contribution >= 4 is 0 Å². The Hall–Kier alpha value is -1.16. The van der Waals surface area contributed by atoms with Crippen molar-refractivity contribution in [2.45, 2.75) is 110 Å². The monoisotopic (exact) mass is 464 g/mol. The third-order valence-electron chi connectivity index (χ3n) is 8.54. The molecule has 0 aromatic heterocycles. The van der Waals surface area contributed by atoms with E-state index in [9.17, 15) is 8.78 Å². The van der Waals surface area contributed by atoms with Gasteiger partial charge in [0.05, 0.1) is 12.7 Å². The molecule has 1 aromatic carbocycles. The van der Waals surface area contributed by atoms with E-state index in [-0.39, 0.29) is 11.7 Å². The fourth-order valence-electron chi connectivity index (χ4n) is 6.37. The minimum atomic E-state index is -0.826. The zero-order valence-corrected chi connectivity index (χ0v) is 21.4. The molecule has 2 aliphatic rings. The molecule has 33 heavy (non-hydrogen) atoms. The summed E-state index contributed by atoms with van der Waals surface area (Å²) in [5, 5.41) is 0. The summed E-state index contributed by atoms with van der Waals surface area (Å²) >= 11 is 0. The first-order valence-corrected chi connectivity index (χ1v) is 13.7. The molecule has 0 amide bonds. The molecule has 0 N–H and O–H groups in total. The molecule has 0 heterocycles. The minimum Gasteiger partial charge on any atom is -0.491 e. The normalized spacial score (nSPS) is 27.8. The predicted octanol–water partition coefficient (Wildman–Crippen LogP) is 8.68. The molecular formula is C29H46F2O2. The van der Waals surface area contributed by atoms with Crippen molar-refractivity contribution in [3.63, 3.8) is 0 Å². The summed E-state index contributed by atoms with van der Waals surface area (Å²) < 4.78 is 40.4. The van der Waals surface area contributed by atoms with Gasteiger partial charge in [-0.2, -0.15) is 4.39 Å². The summed E-state index contributed by atoms with van der Waals surface area (Å²) in [6.07, 6.45) is 13.4. The lowest BCUT2D eigenvalue weighted by Crippen LogP contribution is -2.29. The molecule has 0 saturated heterocycles. The number of benzene rings is 1. The zero-order chi connectivity index (χ0) is 23.8. The van der Waals surface area contributed by atoms with Crippen molar-refractivity contribution in [1.29, 1.82) is 0 Å². The van der Waals surface area contributed by atoms with Crippen LogP contribution in [0, 0.1) is 35.3 Å². The summed E-state index contributed by atoms with van der Waals surface area (Å²) in [5.41, 5.74) is 0.542. The average molecular weight is 465 g/mol. The maximum absolute atomic E-state index is 14.7. The Balaban J connectivity index is 1.44. The largest absolute Gasteiger partial charge is 0.491 e. The zero-order valence-electron chi connectivity index (χ0n) is 21.4. The van der Waals surface area contributed by atoms with Crippen LogP contribution in [0.5, 0.6) is 5.75 Å². The second-order valence-electron chi connectivity index (χ2n) is 10.6. The molecule has 2 nitrogen and oxygen atoms in total. The lowest BCUT2D eigenvalue weighted by Gasteiger charge is -2.39. The number of rotatable bonds is 11. The predicted molar refractivity (Wildman–Crippen MR) is 132 cm³/mol. The van der Waals surface area contributed by atoms with E-state index < -0.39 is 11.6 Å². The van der Waals surface area contributed by atoms with Crippen LogP contribution in [-0.4, -0.2) is 19.3 Å². The van der Waals surface area contributed by atoms with Gasteiger partial charge >= 0.3 is 0 Å². The molecule has 2 aliphatic carbocycles. The number of ether oxygens (including phenoxy) is 2. The summed E-state index contributed by atoms with van der Waals surface area (Å²) in [6, 6.07) is 3.34. The molecule has 0 spiro atoms. The average Bonchev–Trinajstić information content (AvgIpc) is 2.85. The van der Waals surface area contributed by atoms with Gasteiger partial charge in [0.1, 0.15) is 0 Å². The van der Waals surface area contributed by atoms with E-state index in [2.05, 4.69) is 20.8 Å². The second-order valence-corrected chi connectivity index (χ2v) is 10.6. The quantitative estimate of drug-likeness (QED) is 0.326. The maximum atomic E-state index is 14.7. The van der Waals surface area contributed by atoms with Gasteiger partial charge in [-0.1, -0.05) is 33.3 Å². The highest BCUT2D eigenvalue weighted by Gasteiger charge is 2.34. The summed E-state index contributed by atoms with van der Waals surface area (Å²) in [7, 11) is 0. The lowest BCUT2D eigenvalue weighted by molar-refractivity contribution is 0.00414. The van der Waals surface area contributed by atoms with E-state index in [1.165, 1.54) is 38.5 Å². The fourth-order valence-corrected chi connectivity index (χ4v) is 6.37. The van der Waals surface area contributed by atoms with Crippen molar-refractivity contribution in [2.75, 3.05) is 13.2 Å². The van der Waals surface area contributed by atoms with Gasteiger partial charge in [0.2, 0.25) is 5.82 Å². The standard InChI is InChI=1S/C29H46F2O2/c1-5-8-25(6-2)33-19-20(4)21-9-11-22(12-10-21)23-13-15-24(16-14-23)26-17-18-27(32-7-3)29(31)28(26)30/h17-18,20-25H,5-16,19H2,1-4H3. The Kier molecular flexibility index (Phi) is 10.5. The van der Waals surface area contributed by atoms with E-state index in [0.29, 0.717) is 24.2 Å². The van der Waals surface area contributed by atoms with Gasteiger partial charge < -0.3 is 9.47 Å². The molecule has 2 unspecified atom stereocenters. The maximum Gasteiger partial charge on any atom is 0.200 e. The van der Waals surface area contributed by atoms with Gasteiger partial charge in [-0.3, -0.25) is 0 Å². The SMILES string of the molecule is CCCC(CC)OCC(C)C1CCC(C2CCC(c3ccc(OCC)c(F)c3F)CC2)CC1. The van der Waals surface area contributed by atoms with Crippen molar-refractivity contribution in [3.05, 3.63) is 29.3 Å². The van der Waals surface area contributed by atoms with E-state index >= 15 is 0 Å². The van der Waals surface area contributed by atoms with Gasteiger partial charge in [-0.15, -0.1) is 0 Å². The van der Waals surface area contributed by atoms with Crippen LogP contribution in [0.2, 0.25) is 0 Å². The van der Waals surface area contributed by atoms with Crippen molar-refractivity contribution in [2.24, 2.45) is 23.7 Å². The van der Waals surface area contributed by atoms with Crippen LogP contribution in [-0.2, 0) is 4.74 Å². The summed E-state index contributed by atoms with van der Waals surface area (Å²) in [5.74, 6) is 1.62. The molecule has 0 aliphatic heterocycles. The van der Waals surface area contributed by atoms with Crippen LogP contribution < -0.4 is 4.74 Å². The third-order valence-corrected chi connectivity index (χ3v) is 8.54. The Labute approximate surface area is 200 Å². The fraction of sp³-hybridized carbons (Fsp3) is 0.793. The molecule has 2 atom stereocenters. The van der Waals surface area contributed by atoms with Crippen molar-refractivity contribution in [1.82, 2.24) is 0 Å². The second kappa shape index (κ2) is 13.1. The van der Waals surface area contributed by atoms with E-state index in [0.717, 1.165) is 56.5 Å². The molecule has 188 valence electrons. The summed E-state index contributed by atoms with van der Waals surface area (Å²) in [4.78, 5) is 0. The van der Waals surface area contributed by atoms with Crippen LogP contribution in [0.4, 0.5) is 8.78 Å². The third kappa shape index (κ3) is 6.93. The molecular weight excluding hydrogens is 418 g/mol. The van der Waals surface area contributed by atoms with Gasteiger partial charge in [0.25, 0.3) is 0 Å². The van der Waals surface area contributed by atoms with E-state index in [4.69, 9.17) is 9.47 Å². The Morgan fingerprint density at radius 1 is 0.879 bits per heavy atom. The first-order chi connectivity index (χ1) is 16.0. The van der Waals surface area contributed by atoms with Crippen molar-refractivity contribution < 1.29 is 18.3 Å². The Morgan fingerprint density at radius 2 is 1.52 bits per heavy atom. The highest BCUT2D eigenvalue weighted by molar-refractivity contribution is 5.33. The van der Waals surface area contributed by atoms with Gasteiger partial charge in [0.15, 0.2) is 11.6 Å². The molecule has 0 radical (unpaired) electrons. The summed E-state index contributed by atoms with van der Waals surface area (Å²) in [6.45, 7) is 9.86. The van der Waals surface area contributed by atoms with Gasteiger partial charge in [-0.25, -0.2) is 4.39 Å². The molecule has 0 bridgehead atoms. The lowest BCUT2D eigenvalue weighted by atomic mass is 9.67. The van der Waals surface area contributed by atoms with Crippen LogP contribution in [0.3, 0.4) is 0 Å². The molecule has 3 rings (SSSR count). The Bertz CT molecular complexity index is 706. The minimum absolute atomic E-state index is 0.0272. The topological polar surface area (TPSA) is 18.5 Å². The molecule has 2 saturated carbocycles. The van der Waals surface area contributed by atoms with Crippen molar-refractivity contribution in [3.8, 4) is 5.75 Å². The van der Waals surface area contributed by atoms with Crippen LogP contribution in [0.1, 0.15) is 110 Å². The van der Waals surface area contributed by atoms with Gasteiger partial charge in [0, 0.05) is 6.61 Å². The van der Waals surface area contributed by atoms with Crippen LogP contribution in [0.15, 0.2) is 12.1 Å².